The third-order valence-corrected chi connectivity index (χ3v) is 2.36. The van der Waals surface area contributed by atoms with Gasteiger partial charge in [0.25, 0.3) is 0 Å². The lowest BCUT2D eigenvalue weighted by Crippen LogP contribution is -2.06. The van der Waals surface area contributed by atoms with Crippen molar-refractivity contribution >= 4 is 6.01 Å². The number of rotatable bonds is 4. The van der Waals surface area contributed by atoms with E-state index in [2.05, 4.69) is 15.5 Å². The molecule has 0 saturated carbocycles. The fourth-order valence-corrected chi connectivity index (χ4v) is 1.42. The lowest BCUT2D eigenvalue weighted by Gasteiger charge is -2.08. The van der Waals surface area contributed by atoms with Crippen LogP contribution < -0.4 is 11.1 Å². The maximum absolute atomic E-state index is 5.63. The van der Waals surface area contributed by atoms with Crippen LogP contribution in [0.2, 0.25) is 0 Å². The summed E-state index contributed by atoms with van der Waals surface area (Å²) in [4.78, 5) is 0. The van der Waals surface area contributed by atoms with Crippen molar-refractivity contribution in [2.45, 2.75) is 32.9 Å². The zero-order valence-corrected chi connectivity index (χ0v) is 10.1. The van der Waals surface area contributed by atoms with Crippen LogP contribution in [0.4, 0.5) is 6.01 Å². The van der Waals surface area contributed by atoms with Gasteiger partial charge in [0.1, 0.15) is 11.5 Å². The number of furan rings is 1. The van der Waals surface area contributed by atoms with E-state index < -0.39 is 0 Å². The van der Waals surface area contributed by atoms with Gasteiger partial charge in [-0.3, -0.25) is 0 Å². The molecule has 0 bridgehead atoms. The first kappa shape index (κ1) is 11.7. The molecule has 2 heterocycles. The van der Waals surface area contributed by atoms with Gasteiger partial charge in [-0.1, -0.05) is 5.10 Å². The highest BCUT2D eigenvalue weighted by atomic mass is 16.4. The Morgan fingerprint density at radius 2 is 2.00 bits per heavy atom. The van der Waals surface area contributed by atoms with Crippen LogP contribution in [0.25, 0.3) is 0 Å². The maximum atomic E-state index is 5.63. The fraction of sp³-hybridized carbons (Fsp3) is 0.455. The van der Waals surface area contributed by atoms with E-state index in [4.69, 9.17) is 14.6 Å². The van der Waals surface area contributed by atoms with Gasteiger partial charge in [0.05, 0.1) is 12.1 Å². The lowest BCUT2D eigenvalue weighted by molar-refractivity contribution is 0.447. The van der Waals surface area contributed by atoms with Crippen molar-refractivity contribution in [2.75, 3.05) is 5.32 Å². The van der Waals surface area contributed by atoms with Gasteiger partial charge in [-0.2, -0.15) is 0 Å². The zero-order chi connectivity index (χ0) is 12.4. The Labute approximate surface area is 99.2 Å². The molecule has 0 fully saturated rings. The second kappa shape index (κ2) is 4.58. The van der Waals surface area contributed by atoms with Crippen LogP contribution in [0.5, 0.6) is 0 Å². The number of aryl methyl sites for hydroxylation is 1. The molecule has 0 amide bonds. The molecule has 0 aliphatic rings. The summed E-state index contributed by atoms with van der Waals surface area (Å²) in [6, 6.07) is 3.87. The van der Waals surface area contributed by atoms with Gasteiger partial charge >= 0.3 is 6.01 Å². The molecule has 2 rings (SSSR count). The fourth-order valence-electron chi connectivity index (χ4n) is 1.42. The molecule has 2 unspecified atom stereocenters. The normalized spacial score (nSPS) is 14.6. The molecule has 3 N–H and O–H groups in total. The molecule has 0 spiro atoms. The van der Waals surface area contributed by atoms with Crippen LogP contribution in [0.3, 0.4) is 0 Å². The monoisotopic (exact) mass is 236 g/mol. The largest absolute Gasteiger partial charge is 0.464 e. The van der Waals surface area contributed by atoms with E-state index in [1.54, 1.807) is 6.92 Å². The summed E-state index contributed by atoms with van der Waals surface area (Å²) in [7, 11) is 0. The number of hydrogen-bond acceptors (Lipinski definition) is 6. The van der Waals surface area contributed by atoms with Crippen molar-refractivity contribution < 1.29 is 8.83 Å². The first-order valence-corrected chi connectivity index (χ1v) is 5.48. The summed E-state index contributed by atoms with van der Waals surface area (Å²) in [5.41, 5.74) is 5.63. The molecule has 6 nitrogen and oxygen atoms in total. The SMILES string of the molecule is Cc1ccc(C(C)Nc2nnc(C(C)N)o2)o1. The van der Waals surface area contributed by atoms with E-state index in [1.165, 1.54) is 0 Å². The lowest BCUT2D eigenvalue weighted by atomic mass is 10.2. The summed E-state index contributed by atoms with van der Waals surface area (Å²) >= 11 is 0. The minimum Gasteiger partial charge on any atom is -0.464 e. The Morgan fingerprint density at radius 3 is 2.53 bits per heavy atom. The van der Waals surface area contributed by atoms with Crippen molar-refractivity contribution in [3.05, 3.63) is 29.5 Å². The third-order valence-electron chi connectivity index (χ3n) is 2.36. The Kier molecular flexibility index (Phi) is 3.14. The number of nitrogens with two attached hydrogens (primary N) is 1. The molecule has 2 aromatic heterocycles. The van der Waals surface area contributed by atoms with Gasteiger partial charge in [-0.15, -0.1) is 5.10 Å². The Hall–Kier alpha value is -1.82. The van der Waals surface area contributed by atoms with E-state index in [0.717, 1.165) is 11.5 Å². The second-order valence-electron chi connectivity index (χ2n) is 4.05. The second-order valence-corrected chi connectivity index (χ2v) is 4.05. The van der Waals surface area contributed by atoms with Gasteiger partial charge in [0, 0.05) is 0 Å². The molecule has 17 heavy (non-hydrogen) atoms. The van der Waals surface area contributed by atoms with E-state index >= 15 is 0 Å². The predicted molar refractivity (Wildman–Crippen MR) is 62.4 cm³/mol. The average Bonchev–Trinajstić information content (AvgIpc) is 2.86. The number of aromatic nitrogens is 2. The summed E-state index contributed by atoms with van der Waals surface area (Å²) in [5.74, 6) is 2.11. The first-order valence-electron chi connectivity index (χ1n) is 5.48. The van der Waals surface area contributed by atoms with Crippen LogP contribution in [0.15, 0.2) is 21.0 Å². The van der Waals surface area contributed by atoms with E-state index in [9.17, 15) is 0 Å². The van der Waals surface area contributed by atoms with Crippen LogP contribution in [0.1, 0.15) is 43.3 Å². The number of nitrogens with zero attached hydrogens (tertiary/aromatic N) is 2. The molecule has 0 aromatic carbocycles. The van der Waals surface area contributed by atoms with Crippen molar-refractivity contribution in [1.82, 2.24) is 10.2 Å². The standard InChI is InChI=1S/C11H16N4O2/c1-6-4-5-9(16-6)8(3)13-11-15-14-10(17-11)7(2)12/h4-5,7-8H,12H2,1-3H3,(H,13,15). The molecule has 2 atom stereocenters. The van der Waals surface area contributed by atoms with E-state index in [-0.39, 0.29) is 12.1 Å². The molecule has 0 radical (unpaired) electrons. The number of anilines is 1. The van der Waals surface area contributed by atoms with Crippen LogP contribution in [-0.4, -0.2) is 10.2 Å². The molecule has 92 valence electrons. The number of nitrogens with one attached hydrogen (secondary N) is 1. The zero-order valence-electron chi connectivity index (χ0n) is 10.1. The van der Waals surface area contributed by atoms with Gasteiger partial charge in [0.2, 0.25) is 5.89 Å². The molecule has 0 aliphatic carbocycles. The maximum Gasteiger partial charge on any atom is 0.316 e. The number of hydrogen-bond donors (Lipinski definition) is 2. The van der Waals surface area contributed by atoms with Gasteiger partial charge in [-0.25, -0.2) is 0 Å². The Morgan fingerprint density at radius 1 is 1.24 bits per heavy atom. The summed E-state index contributed by atoms with van der Waals surface area (Å²) in [6.07, 6.45) is 0. The minimum atomic E-state index is -0.265. The first-order chi connectivity index (χ1) is 8.06. The Bertz CT molecular complexity index is 489. The van der Waals surface area contributed by atoms with Crippen LogP contribution in [0, 0.1) is 6.92 Å². The molecular weight excluding hydrogens is 220 g/mol. The Balaban J connectivity index is 2.05. The summed E-state index contributed by atoms with van der Waals surface area (Å²) in [6.45, 7) is 5.64. The molecule has 6 heteroatoms. The van der Waals surface area contributed by atoms with Crippen molar-refractivity contribution in [1.29, 1.82) is 0 Å². The highest BCUT2D eigenvalue weighted by Gasteiger charge is 2.14. The third kappa shape index (κ3) is 2.65. The van der Waals surface area contributed by atoms with Gasteiger partial charge in [0.15, 0.2) is 0 Å². The van der Waals surface area contributed by atoms with E-state index in [0.29, 0.717) is 11.9 Å². The molecule has 0 aliphatic heterocycles. The highest BCUT2D eigenvalue weighted by molar-refractivity contribution is 5.24. The smallest absolute Gasteiger partial charge is 0.316 e. The topological polar surface area (TPSA) is 90.1 Å². The average molecular weight is 236 g/mol. The van der Waals surface area contributed by atoms with Crippen molar-refractivity contribution in [3.8, 4) is 0 Å². The van der Waals surface area contributed by atoms with Crippen molar-refractivity contribution in [3.63, 3.8) is 0 Å². The van der Waals surface area contributed by atoms with Gasteiger partial charge in [-0.05, 0) is 32.9 Å². The predicted octanol–water partition coefficient (Wildman–Crippen LogP) is 2.16. The molecule has 0 saturated heterocycles. The van der Waals surface area contributed by atoms with E-state index in [1.807, 2.05) is 26.0 Å². The minimum absolute atomic E-state index is 0.0370. The van der Waals surface area contributed by atoms with Crippen LogP contribution >= 0.6 is 0 Å². The molecule has 2 aromatic rings. The summed E-state index contributed by atoms with van der Waals surface area (Å²) < 4.78 is 10.8. The summed E-state index contributed by atoms with van der Waals surface area (Å²) in [5, 5.41) is 10.8. The quantitative estimate of drug-likeness (QED) is 0.845. The van der Waals surface area contributed by atoms with Crippen molar-refractivity contribution in [2.24, 2.45) is 5.73 Å². The highest BCUT2D eigenvalue weighted by Crippen LogP contribution is 2.21. The van der Waals surface area contributed by atoms with Crippen LogP contribution in [-0.2, 0) is 0 Å². The van der Waals surface area contributed by atoms with Gasteiger partial charge < -0.3 is 19.9 Å². The molecular formula is C11H16N4O2.